The lowest BCUT2D eigenvalue weighted by Crippen LogP contribution is -2.31. The highest BCUT2D eigenvalue weighted by Crippen LogP contribution is 2.35. The number of nitrogens with one attached hydrogen (secondary N) is 1. The summed E-state index contributed by atoms with van der Waals surface area (Å²) in [5.74, 6) is -2.06. The van der Waals surface area contributed by atoms with Gasteiger partial charge in [-0.1, -0.05) is 24.3 Å². The van der Waals surface area contributed by atoms with Gasteiger partial charge >= 0.3 is 0 Å². The number of benzene rings is 3. The van der Waals surface area contributed by atoms with Gasteiger partial charge < -0.3 is 5.32 Å². The SMILES string of the molecule is Cc1ccc(NC(=O)c2ccccc2N2C(=O)c3cccc([N+](=O)[O-])c3C2=O)cc1C. The molecule has 0 atom stereocenters. The molecule has 1 aliphatic heterocycles. The standard InChI is InChI=1S/C23H17N3O5/c1-13-10-11-15(12-14(13)2)24-21(27)16-6-3-4-8-18(16)25-22(28)17-7-5-9-19(26(30)31)20(17)23(25)29/h3-12H,1-2H3,(H,24,27). The Morgan fingerprint density at radius 1 is 0.935 bits per heavy atom. The van der Waals surface area contributed by atoms with Crippen LogP contribution in [0.3, 0.4) is 0 Å². The third-order valence-corrected chi connectivity index (χ3v) is 5.24. The van der Waals surface area contributed by atoms with E-state index in [2.05, 4.69) is 5.32 Å². The molecule has 3 aromatic carbocycles. The molecular weight excluding hydrogens is 398 g/mol. The molecule has 0 saturated carbocycles. The summed E-state index contributed by atoms with van der Waals surface area (Å²) >= 11 is 0. The summed E-state index contributed by atoms with van der Waals surface area (Å²) in [5, 5.41) is 14.1. The number of hydrogen-bond acceptors (Lipinski definition) is 5. The van der Waals surface area contributed by atoms with Crippen LogP contribution in [0.15, 0.2) is 60.7 Å². The maximum atomic E-state index is 13.0. The second kappa shape index (κ2) is 7.49. The van der Waals surface area contributed by atoms with E-state index >= 15 is 0 Å². The summed E-state index contributed by atoms with van der Waals surface area (Å²) in [4.78, 5) is 50.4. The number of amides is 3. The van der Waals surface area contributed by atoms with Gasteiger partial charge in [-0.2, -0.15) is 0 Å². The number of imide groups is 1. The zero-order chi connectivity index (χ0) is 22.3. The van der Waals surface area contributed by atoms with Gasteiger partial charge in [0.25, 0.3) is 23.4 Å². The van der Waals surface area contributed by atoms with Gasteiger partial charge in [0.1, 0.15) is 5.56 Å². The molecular formula is C23H17N3O5. The Hall–Kier alpha value is -4.33. The fourth-order valence-corrected chi connectivity index (χ4v) is 3.52. The van der Waals surface area contributed by atoms with E-state index in [1.165, 1.54) is 30.3 Å². The van der Waals surface area contributed by atoms with Crippen molar-refractivity contribution in [2.45, 2.75) is 13.8 Å². The first-order valence-corrected chi connectivity index (χ1v) is 9.43. The molecule has 154 valence electrons. The van der Waals surface area contributed by atoms with Crippen LogP contribution in [0.1, 0.15) is 42.2 Å². The number of fused-ring (bicyclic) bond motifs is 1. The van der Waals surface area contributed by atoms with Gasteiger partial charge in [-0.25, -0.2) is 4.90 Å². The Morgan fingerprint density at radius 3 is 2.39 bits per heavy atom. The van der Waals surface area contributed by atoms with Gasteiger partial charge in [0.15, 0.2) is 0 Å². The minimum absolute atomic E-state index is 0.0596. The molecule has 0 aromatic heterocycles. The van der Waals surface area contributed by atoms with Crippen molar-refractivity contribution in [3.8, 4) is 0 Å². The third-order valence-electron chi connectivity index (χ3n) is 5.24. The molecule has 0 spiro atoms. The van der Waals surface area contributed by atoms with Crippen LogP contribution in [0.4, 0.5) is 17.1 Å². The lowest BCUT2D eigenvalue weighted by molar-refractivity contribution is -0.385. The Morgan fingerprint density at radius 2 is 1.68 bits per heavy atom. The molecule has 8 heteroatoms. The van der Waals surface area contributed by atoms with Crippen molar-refractivity contribution in [2.75, 3.05) is 10.2 Å². The minimum Gasteiger partial charge on any atom is -0.322 e. The Balaban J connectivity index is 1.74. The third kappa shape index (κ3) is 3.33. The van der Waals surface area contributed by atoms with Crippen molar-refractivity contribution in [3.05, 3.63) is 98.6 Å². The highest BCUT2D eigenvalue weighted by molar-refractivity contribution is 6.36. The topological polar surface area (TPSA) is 110 Å². The molecule has 1 aliphatic rings. The van der Waals surface area contributed by atoms with Crippen molar-refractivity contribution >= 4 is 34.8 Å². The van der Waals surface area contributed by atoms with Crippen LogP contribution in [0.5, 0.6) is 0 Å². The lowest BCUT2D eigenvalue weighted by atomic mass is 10.1. The summed E-state index contributed by atoms with van der Waals surface area (Å²) in [7, 11) is 0. The van der Waals surface area contributed by atoms with E-state index in [0.717, 1.165) is 16.0 Å². The van der Waals surface area contributed by atoms with Crippen molar-refractivity contribution in [1.29, 1.82) is 0 Å². The summed E-state index contributed by atoms with van der Waals surface area (Å²) in [6.07, 6.45) is 0. The van der Waals surface area contributed by atoms with Crippen LogP contribution in [0, 0.1) is 24.0 Å². The molecule has 0 unspecified atom stereocenters. The molecule has 0 fully saturated rings. The maximum Gasteiger partial charge on any atom is 0.283 e. The smallest absolute Gasteiger partial charge is 0.283 e. The highest BCUT2D eigenvalue weighted by Gasteiger charge is 2.42. The zero-order valence-electron chi connectivity index (χ0n) is 16.7. The molecule has 8 nitrogen and oxygen atoms in total. The molecule has 0 saturated heterocycles. The lowest BCUT2D eigenvalue weighted by Gasteiger charge is -2.18. The first-order valence-electron chi connectivity index (χ1n) is 9.43. The van der Waals surface area contributed by atoms with Crippen LogP contribution in [-0.2, 0) is 0 Å². The average Bonchev–Trinajstić information content (AvgIpc) is 3.01. The minimum atomic E-state index is -0.835. The number of aryl methyl sites for hydroxylation is 2. The highest BCUT2D eigenvalue weighted by atomic mass is 16.6. The van der Waals surface area contributed by atoms with E-state index in [4.69, 9.17) is 0 Å². The van der Waals surface area contributed by atoms with Gasteiger partial charge in [-0.05, 0) is 55.3 Å². The average molecular weight is 415 g/mol. The number of nitro benzene ring substituents is 1. The van der Waals surface area contributed by atoms with Gasteiger partial charge in [-0.15, -0.1) is 0 Å². The summed E-state index contributed by atoms with van der Waals surface area (Å²) in [6.45, 7) is 3.88. The number of rotatable bonds is 4. The van der Waals surface area contributed by atoms with Gasteiger partial charge in [-0.3, -0.25) is 24.5 Å². The first kappa shape index (κ1) is 20.0. The largest absolute Gasteiger partial charge is 0.322 e. The Bertz CT molecular complexity index is 1280. The fraction of sp³-hybridized carbons (Fsp3) is 0.0870. The number of anilines is 2. The number of hydrogen-bond donors (Lipinski definition) is 1. The molecule has 1 N–H and O–H groups in total. The van der Waals surface area contributed by atoms with Gasteiger partial charge in [0, 0.05) is 11.8 Å². The molecule has 3 aromatic rings. The summed E-state index contributed by atoms with van der Waals surface area (Å²) in [6, 6.07) is 15.5. The number of nitrogens with zero attached hydrogens (tertiary/aromatic N) is 2. The van der Waals surface area contributed by atoms with E-state index < -0.39 is 28.3 Å². The Labute approximate surface area is 177 Å². The van der Waals surface area contributed by atoms with Crippen molar-refractivity contribution in [2.24, 2.45) is 0 Å². The number of carbonyl (C=O) groups is 3. The van der Waals surface area contributed by atoms with Crippen LogP contribution < -0.4 is 10.2 Å². The van der Waals surface area contributed by atoms with Gasteiger partial charge in [0.05, 0.1) is 21.7 Å². The second-order valence-corrected chi connectivity index (χ2v) is 7.17. The quantitative estimate of drug-likeness (QED) is 0.389. The zero-order valence-corrected chi connectivity index (χ0v) is 16.7. The van der Waals surface area contributed by atoms with E-state index in [1.54, 1.807) is 18.2 Å². The van der Waals surface area contributed by atoms with Crippen LogP contribution in [-0.4, -0.2) is 22.6 Å². The van der Waals surface area contributed by atoms with Crippen molar-refractivity contribution < 1.29 is 19.3 Å². The Kier molecular flexibility index (Phi) is 4.82. The van der Waals surface area contributed by atoms with Crippen molar-refractivity contribution in [1.82, 2.24) is 0 Å². The molecule has 4 rings (SSSR count). The molecule has 3 amide bonds. The first-order chi connectivity index (χ1) is 14.8. The van der Waals surface area contributed by atoms with Crippen molar-refractivity contribution in [3.63, 3.8) is 0 Å². The second-order valence-electron chi connectivity index (χ2n) is 7.17. The molecule has 0 radical (unpaired) electrons. The van der Waals surface area contributed by atoms with Crippen LogP contribution in [0.2, 0.25) is 0 Å². The van der Waals surface area contributed by atoms with Gasteiger partial charge in [0.2, 0.25) is 0 Å². The van der Waals surface area contributed by atoms with E-state index in [9.17, 15) is 24.5 Å². The molecule has 0 aliphatic carbocycles. The number of carbonyl (C=O) groups excluding carboxylic acids is 3. The van der Waals surface area contributed by atoms with Crippen LogP contribution >= 0.6 is 0 Å². The number of nitro groups is 1. The summed E-state index contributed by atoms with van der Waals surface area (Å²) < 4.78 is 0. The predicted octanol–water partition coefficient (Wildman–Crippen LogP) is 4.26. The summed E-state index contributed by atoms with van der Waals surface area (Å²) in [5.41, 5.74) is 2.01. The van der Waals surface area contributed by atoms with E-state index in [1.807, 2.05) is 26.0 Å². The maximum absolute atomic E-state index is 13.0. The molecule has 0 bridgehead atoms. The molecule has 1 heterocycles. The van der Waals surface area contributed by atoms with Crippen LogP contribution in [0.25, 0.3) is 0 Å². The fourth-order valence-electron chi connectivity index (χ4n) is 3.52. The monoisotopic (exact) mass is 415 g/mol. The molecule has 31 heavy (non-hydrogen) atoms. The predicted molar refractivity (Wildman–Crippen MR) is 115 cm³/mol. The van der Waals surface area contributed by atoms with E-state index in [0.29, 0.717) is 5.69 Å². The normalized spacial score (nSPS) is 12.6. The number of para-hydroxylation sites is 1. The van der Waals surface area contributed by atoms with E-state index in [-0.39, 0.29) is 22.4 Å².